The molecule has 0 saturated carbocycles. The van der Waals surface area contributed by atoms with Crippen LogP contribution in [0, 0.1) is 6.92 Å². The summed E-state index contributed by atoms with van der Waals surface area (Å²) in [5.41, 5.74) is 1.78. The molecule has 23 heavy (non-hydrogen) atoms. The second kappa shape index (κ2) is 8.20. The first-order valence-corrected chi connectivity index (χ1v) is 8.00. The van der Waals surface area contributed by atoms with Crippen LogP contribution in [0.25, 0.3) is 0 Å². The maximum atomic E-state index is 11.7. The van der Waals surface area contributed by atoms with Crippen molar-refractivity contribution in [2.24, 2.45) is 0 Å². The van der Waals surface area contributed by atoms with Crippen molar-refractivity contribution < 1.29 is 14.3 Å². The van der Waals surface area contributed by atoms with Gasteiger partial charge >= 0.3 is 6.09 Å². The summed E-state index contributed by atoms with van der Waals surface area (Å²) >= 11 is 0. The van der Waals surface area contributed by atoms with Crippen molar-refractivity contribution in [2.75, 3.05) is 13.7 Å². The van der Waals surface area contributed by atoms with Gasteiger partial charge in [0.1, 0.15) is 11.4 Å². The summed E-state index contributed by atoms with van der Waals surface area (Å²) in [4.78, 5) is 11.7. The molecule has 0 bridgehead atoms. The molecule has 1 rings (SSSR count). The Morgan fingerprint density at radius 3 is 2.48 bits per heavy atom. The van der Waals surface area contributed by atoms with Gasteiger partial charge in [-0.3, -0.25) is 0 Å². The lowest BCUT2D eigenvalue weighted by molar-refractivity contribution is 0.0522. The van der Waals surface area contributed by atoms with Crippen LogP contribution in [0.1, 0.15) is 51.8 Å². The lowest BCUT2D eigenvalue weighted by Gasteiger charge is -2.24. The maximum absolute atomic E-state index is 11.7. The summed E-state index contributed by atoms with van der Waals surface area (Å²) in [6.07, 6.45) is -0.397. The van der Waals surface area contributed by atoms with E-state index in [0.29, 0.717) is 6.54 Å². The zero-order valence-corrected chi connectivity index (χ0v) is 15.3. The highest BCUT2D eigenvalue weighted by atomic mass is 16.6. The predicted octanol–water partition coefficient (Wildman–Crippen LogP) is 3.57. The molecule has 0 fully saturated rings. The van der Waals surface area contributed by atoms with Crippen LogP contribution in [0.5, 0.6) is 5.75 Å². The molecule has 0 radical (unpaired) electrons. The van der Waals surface area contributed by atoms with E-state index in [1.165, 1.54) is 0 Å². The number of carbonyl (C=O) groups excluding carboxylic acids is 1. The minimum absolute atomic E-state index is 0.100. The lowest BCUT2D eigenvalue weighted by atomic mass is 10.0. The molecule has 1 aromatic carbocycles. The summed E-state index contributed by atoms with van der Waals surface area (Å²) in [6.45, 7) is 12.2. The first-order valence-electron chi connectivity index (χ1n) is 8.00. The topological polar surface area (TPSA) is 59.6 Å². The van der Waals surface area contributed by atoms with Gasteiger partial charge in [-0.2, -0.15) is 0 Å². The van der Waals surface area contributed by atoms with Crippen LogP contribution >= 0.6 is 0 Å². The highest BCUT2D eigenvalue weighted by Crippen LogP contribution is 2.26. The number of nitrogens with one attached hydrogen (secondary N) is 2. The van der Waals surface area contributed by atoms with Crippen LogP contribution in [0.2, 0.25) is 0 Å². The normalized spacial score (nSPS) is 14.0. The fraction of sp³-hybridized carbons (Fsp3) is 0.611. The molecule has 0 aliphatic carbocycles. The molecule has 2 atom stereocenters. The molecule has 0 heterocycles. The SMILES string of the molecule is COc1cc(C)ccc1C(C)NC(C)CNC(=O)OC(C)(C)C. The van der Waals surface area contributed by atoms with Crippen molar-refractivity contribution in [3.05, 3.63) is 29.3 Å². The Bertz CT molecular complexity index is 523. The fourth-order valence-corrected chi connectivity index (χ4v) is 2.30. The minimum atomic E-state index is -0.483. The van der Waals surface area contributed by atoms with Gasteiger partial charge < -0.3 is 20.1 Å². The van der Waals surface area contributed by atoms with Gasteiger partial charge in [-0.25, -0.2) is 4.79 Å². The molecule has 0 aliphatic rings. The monoisotopic (exact) mass is 322 g/mol. The molecule has 1 amide bonds. The zero-order chi connectivity index (χ0) is 17.6. The number of methoxy groups -OCH3 is 1. The Kier molecular flexibility index (Phi) is 6.88. The molecule has 5 heteroatoms. The van der Waals surface area contributed by atoms with Gasteiger partial charge in [0, 0.05) is 24.2 Å². The third kappa shape index (κ3) is 6.91. The van der Waals surface area contributed by atoms with Gasteiger partial charge in [-0.1, -0.05) is 12.1 Å². The highest BCUT2D eigenvalue weighted by molar-refractivity contribution is 5.67. The molecule has 0 saturated heterocycles. The number of rotatable bonds is 6. The van der Waals surface area contributed by atoms with Crippen molar-refractivity contribution >= 4 is 6.09 Å². The van der Waals surface area contributed by atoms with E-state index in [-0.39, 0.29) is 12.1 Å². The third-order valence-electron chi connectivity index (χ3n) is 3.34. The highest BCUT2D eigenvalue weighted by Gasteiger charge is 2.18. The number of benzene rings is 1. The first kappa shape index (κ1) is 19.3. The standard InChI is InChI=1S/C18H30N2O3/c1-12-8-9-15(16(10-12)22-7)14(3)20-13(2)11-19-17(21)23-18(4,5)6/h8-10,13-14,20H,11H2,1-7H3,(H,19,21). The van der Waals surface area contributed by atoms with E-state index in [1.807, 2.05) is 40.7 Å². The Balaban J connectivity index is 2.54. The molecular weight excluding hydrogens is 292 g/mol. The van der Waals surface area contributed by atoms with E-state index in [1.54, 1.807) is 7.11 Å². The molecule has 2 N–H and O–H groups in total. The number of hydrogen-bond acceptors (Lipinski definition) is 4. The molecule has 130 valence electrons. The maximum Gasteiger partial charge on any atom is 0.407 e. The van der Waals surface area contributed by atoms with E-state index < -0.39 is 11.7 Å². The van der Waals surface area contributed by atoms with Crippen LogP contribution in [0.3, 0.4) is 0 Å². The molecule has 0 spiro atoms. The Hall–Kier alpha value is -1.75. The van der Waals surface area contributed by atoms with Gasteiger partial charge in [0.25, 0.3) is 0 Å². The van der Waals surface area contributed by atoms with E-state index in [9.17, 15) is 4.79 Å². The number of aryl methyl sites for hydroxylation is 1. The third-order valence-corrected chi connectivity index (χ3v) is 3.34. The van der Waals surface area contributed by atoms with Gasteiger partial charge in [0.2, 0.25) is 0 Å². The first-order chi connectivity index (χ1) is 10.6. The summed E-state index contributed by atoms with van der Waals surface area (Å²) in [5.74, 6) is 0.873. The van der Waals surface area contributed by atoms with Crippen molar-refractivity contribution in [3.63, 3.8) is 0 Å². The average Bonchev–Trinajstić information content (AvgIpc) is 2.43. The van der Waals surface area contributed by atoms with Crippen LogP contribution in [-0.4, -0.2) is 31.4 Å². The summed E-state index contributed by atoms with van der Waals surface area (Å²) in [6, 6.07) is 6.38. The van der Waals surface area contributed by atoms with Gasteiger partial charge in [0.15, 0.2) is 0 Å². The van der Waals surface area contributed by atoms with Crippen LogP contribution in [-0.2, 0) is 4.74 Å². The summed E-state index contributed by atoms with van der Waals surface area (Å²) in [5, 5.41) is 6.24. The second-order valence-corrected chi connectivity index (χ2v) is 6.92. The Morgan fingerprint density at radius 2 is 1.91 bits per heavy atom. The fourth-order valence-electron chi connectivity index (χ4n) is 2.30. The smallest absolute Gasteiger partial charge is 0.407 e. The zero-order valence-electron chi connectivity index (χ0n) is 15.3. The predicted molar refractivity (Wildman–Crippen MR) is 93.0 cm³/mol. The molecule has 0 aliphatic heterocycles. The molecule has 0 aromatic heterocycles. The van der Waals surface area contributed by atoms with Crippen LogP contribution in [0.4, 0.5) is 4.79 Å². The minimum Gasteiger partial charge on any atom is -0.496 e. The van der Waals surface area contributed by atoms with Gasteiger partial charge in [-0.15, -0.1) is 0 Å². The van der Waals surface area contributed by atoms with Crippen molar-refractivity contribution in [1.29, 1.82) is 0 Å². The molecule has 5 nitrogen and oxygen atoms in total. The lowest BCUT2D eigenvalue weighted by Crippen LogP contribution is -2.42. The number of ether oxygens (including phenoxy) is 2. The second-order valence-electron chi connectivity index (χ2n) is 6.92. The van der Waals surface area contributed by atoms with Gasteiger partial charge in [-0.05, 0) is 53.2 Å². The molecule has 1 aromatic rings. The van der Waals surface area contributed by atoms with E-state index in [4.69, 9.17) is 9.47 Å². The largest absolute Gasteiger partial charge is 0.496 e. The Labute approximate surface area is 139 Å². The number of hydrogen-bond donors (Lipinski definition) is 2. The number of carbonyl (C=O) groups is 1. The summed E-state index contributed by atoms with van der Waals surface area (Å²) < 4.78 is 10.7. The van der Waals surface area contributed by atoms with E-state index >= 15 is 0 Å². The van der Waals surface area contributed by atoms with E-state index in [2.05, 4.69) is 29.7 Å². The van der Waals surface area contributed by atoms with Crippen LogP contribution < -0.4 is 15.4 Å². The van der Waals surface area contributed by atoms with Crippen molar-refractivity contribution in [2.45, 2.75) is 59.2 Å². The quantitative estimate of drug-likeness (QED) is 0.840. The van der Waals surface area contributed by atoms with Crippen molar-refractivity contribution in [3.8, 4) is 5.75 Å². The average molecular weight is 322 g/mol. The van der Waals surface area contributed by atoms with Crippen LogP contribution in [0.15, 0.2) is 18.2 Å². The summed E-state index contributed by atoms with van der Waals surface area (Å²) in [7, 11) is 1.68. The molecular formula is C18H30N2O3. The number of amides is 1. The van der Waals surface area contributed by atoms with Crippen molar-refractivity contribution in [1.82, 2.24) is 10.6 Å². The van der Waals surface area contributed by atoms with E-state index in [0.717, 1.165) is 16.9 Å². The number of alkyl carbamates (subject to hydrolysis) is 1. The molecule has 2 unspecified atom stereocenters. The van der Waals surface area contributed by atoms with Gasteiger partial charge in [0.05, 0.1) is 7.11 Å². The Morgan fingerprint density at radius 1 is 1.26 bits per heavy atom.